The zero-order valence-corrected chi connectivity index (χ0v) is 19.1. The monoisotopic (exact) mass is 499 g/mol. The highest BCUT2D eigenvalue weighted by Gasteiger charge is 2.32. The Morgan fingerprint density at radius 1 is 1.04 bits per heavy atom. The normalized spacial score (nSPS) is 24.9. The summed E-state index contributed by atoms with van der Waals surface area (Å²) in [4.78, 5) is 6.99. The van der Waals surface area contributed by atoms with E-state index in [1.54, 1.807) is 4.31 Å². The van der Waals surface area contributed by atoms with Gasteiger partial charge >= 0.3 is 0 Å². The van der Waals surface area contributed by atoms with E-state index in [4.69, 9.17) is 0 Å². The molecule has 2 aliphatic heterocycles. The first-order valence-electron chi connectivity index (χ1n) is 9.62. The van der Waals surface area contributed by atoms with Crippen LogP contribution >= 0.6 is 24.0 Å². The van der Waals surface area contributed by atoms with E-state index in [-0.39, 0.29) is 24.0 Å². The van der Waals surface area contributed by atoms with Crippen molar-refractivity contribution in [2.45, 2.75) is 50.6 Å². The van der Waals surface area contributed by atoms with Gasteiger partial charge in [-0.05, 0) is 44.4 Å². The molecule has 3 aliphatic rings. The van der Waals surface area contributed by atoms with Gasteiger partial charge in [0.15, 0.2) is 5.96 Å². The van der Waals surface area contributed by atoms with Gasteiger partial charge in [-0.1, -0.05) is 0 Å². The van der Waals surface area contributed by atoms with Crippen molar-refractivity contribution < 1.29 is 8.42 Å². The SMILES string of the molecule is CN=C(NCC1CCN(S(C)(=O)=O)CC1)NC1CCN(C2CC2)CC1.I. The van der Waals surface area contributed by atoms with Crippen LogP contribution in [-0.4, -0.2) is 81.7 Å². The van der Waals surface area contributed by atoms with Gasteiger partial charge < -0.3 is 15.5 Å². The second-order valence-electron chi connectivity index (χ2n) is 7.74. The van der Waals surface area contributed by atoms with Crippen LogP contribution in [-0.2, 0) is 10.0 Å². The number of sulfonamides is 1. The first-order valence-corrected chi connectivity index (χ1v) is 11.5. The number of nitrogens with one attached hydrogen (secondary N) is 2. The molecule has 1 saturated carbocycles. The summed E-state index contributed by atoms with van der Waals surface area (Å²) >= 11 is 0. The number of guanidine groups is 1. The van der Waals surface area contributed by atoms with Gasteiger partial charge in [-0.15, -0.1) is 24.0 Å². The van der Waals surface area contributed by atoms with Crippen LogP contribution in [0.15, 0.2) is 4.99 Å². The number of hydrogen-bond donors (Lipinski definition) is 2. The highest BCUT2D eigenvalue weighted by atomic mass is 127. The van der Waals surface area contributed by atoms with E-state index in [0.717, 1.165) is 31.4 Å². The van der Waals surface area contributed by atoms with Crippen LogP contribution < -0.4 is 10.6 Å². The highest BCUT2D eigenvalue weighted by Crippen LogP contribution is 2.29. The summed E-state index contributed by atoms with van der Waals surface area (Å²) < 4.78 is 24.7. The van der Waals surface area contributed by atoms with Crippen molar-refractivity contribution in [1.82, 2.24) is 19.8 Å². The molecule has 1 aliphatic carbocycles. The lowest BCUT2D eigenvalue weighted by atomic mass is 9.98. The molecule has 2 saturated heterocycles. The van der Waals surface area contributed by atoms with Crippen LogP contribution in [0.25, 0.3) is 0 Å². The van der Waals surface area contributed by atoms with Crippen molar-refractivity contribution in [3.05, 3.63) is 0 Å². The van der Waals surface area contributed by atoms with Crippen LogP contribution in [0.4, 0.5) is 0 Å². The predicted octanol–water partition coefficient (Wildman–Crippen LogP) is 1.07. The molecule has 3 fully saturated rings. The van der Waals surface area contributed by atoms with Gasteiger partial charge in [-0.3, -0.25) is 4.99 Å². The lowest BCUT2D eigenvalue weighted by molar-refractivity contribution is 0.197. The molecule has 152 valence electrons. The number of nitrogens with zero attached hydrogens (tertiary/aromatic N) is 3. The summed E-state index contributed by atoms with van der Waals surface area (Å²) in [6, 6.07) is 1.38. The van der Waals surface area contributed by atoms with E-state index >= 15 is 0 Å². The van der Waals surface area contributed by atoms with Gasteiger partial charge in [0.1, 0.15) is 0 Å². The smallest absolute Gasteiger partial charge is 0.211 e. The molecule has 0 unspecified atom stereocenters. The van der Waals surface area contributed by atoms with Gasteiger partial charge in [0, 0.05) is 51.9 Å². The third kappa shape index (κ3) is 6.49. The van der Waals surface area contributed by atoms with E-state index in [2.05, 4.69) is 20.5 Å². The first kappa shape index (κ1) is 22.2. The van der Waals surface area contributed by atoms with Gasteiger partial charge in [-0.2, -0.15) is 0 Å². The van der Waals surface area contributed by atoms with Gasteiger partial charge in [0.05, 0.1) is 6.26 Å². The lowest BCUT2D eigenvalue weighted by Crippen LogP contribution is -2.50. The van der Waals surface area contributed by atoms with Crippen molar-refractivity contribution in [2.24, 2.45) is 10.9 Å². The summed E-state index contributed by atoms with van der Waals surface area (Å²) in [5.41, 5.74) is 0. The van der Waals surface area contributed by atoms with Gasteiger partial charge in [0.25, 0.3) is 0 Å². The Balaban J connectivity index is 0.00000243. The maximum Gasteiger partial charge on any atom is 0.211 e. The van der Waals surface area contributed by atoms with E-state index < -0.39 is 10.0 Å². The van der Waals surface area contributed by atoms with E-state index in [0.29, 0.717) is 25.0 Å². The van der Waals surface area contributed by atoms with Crippen molar-refractivity contribution >= 4 is 40.0 Å². The molecular weight excluding hydrogens is 465 g/mol. The van der Waals surface area contributed by atoms with Crippen LogP contribution in [0.1, 0.15) is 38.5 Å². The third-order valence-electron chi connectivity index (χ3n) is 5.76. The lowest BCUT2D eigenvalue weighted by Gasteiger charge is -2.34. The Hall–Kier alpha value is -0.130. The minimum Gasteiger partial charge on any atom is -0.356 e. The average molecular weight is 499 g/mol. The Bertz CT molecular complexity index is 566. The maximum atomic E-state index is 11.6. The quantitative estimate of drug-likeness (QED) is 0.336. The van der Waals surface area contributed by atoms with Gasteiger partial charge in [-0.25, -0.2) is 12.7 Å². The average Bonchev–Trinajstić information content (AvgIpc) is 3.44. The molecule has 9 heteroatoms. The third-order valence-corrected chi connectivity index (χ3v) is 7.06. The molecule has 0 aromatic heterocycles. The van der Waals surface area contributed by atoms with E-state index in [1.807, 2.05) is 7.05 Å². The van der Waals surface area contributed by atoms with Crippen LogP contribution in [0, 0.1) is 5.92 Å². The first-order chi connectivity index (χ1) is 12.0. The van der Waals surface area contributed by atoms with Crippen LogP contribution in [0.3, 0.4) is 0 Å². The van der Waals surface area contributed by atoms with E-state index in [9.17, 15) is 8.42 Å². The van der Waals surface area contributed by atoms with Crippen molar-refractivity contribution in [3.63, 3.8) is 0 Å². The molecule has 0 radical (unpaired) electrons. The molecular formula is C17H34IN5O2S. The molecule has 0 aromatic rings. The van der Waals surface area contributed by atoms with Crippen molar-refractivity contribution in [2.75, 3.05) is 46.0 Å². The van der Waals surface area contributed by atoms with Crippen molar-refractivity contribution in [3.8, 4) is 0 Å². The summed E-state index contributed by atoms with van der Waals surface area (Å²) in [5, 5.41) is 7.01. The molecule has 2 heterocycles. The number of hydrogen-bond acceptors (Lipinski definition) is 4. The fourth-order valence-electron chi connectivity index (χ4n) is 3.92. The number of aliphatic imine (C=N–C) groups is 1. The summed E-state index contributed by atoms with van der Waals surface area (Å²) in [7, 11) is -1.22. The molecule has 0 bridgehead atoms. The number of halogens is 1. The van der Waals surface area contributed by atoms with Gasteiger partial charge in [0.2, 0.25) is 10.0 Å². The van der Waals surface area contributed by atoms with Crippen LogP contribution in [0.2, 0.25) is 0 Å². The topological polar surface area (TPSA) is 77.0 Å². The molecule has 0 atom stereocenters. The fraction of sp³-hybridized carbons (Fsp3) is 0.941. The molecule has 7 nitrogen and oxygen atoms in total. The second-order valence-corrected chi connectivity index (χ2v) is 9.73. The second kappa shape index (κ2) is 9.88. The minimum absolute atomic E-state index is 0. The Kier molecular flexibility index (Phi) is 8.42. The van der Waals surface area contributed by atoms with Crippen LogP contribution in [0.5, 0.6) is 0 Å². The molecule has 0 amide bonds. The molecule has 0 spiro atoms. The summed E-state index contributed by atoms with van der Waals surface area (Å²) in [6.07, 6.45) is 8.27. The minimum atomic E-state index is -3.04. The number of likely N-dealkylation sites (tertiary alicyclic amines) is 1. The van der Waals surface area contributed by atoms with E-state index in [1.165, 1.54) is 45.0 Å². The largest absolute Gasteiger partial charge is 0.356 e. The molecule has 26 heavy (non-hydrogen) atoms. The molecule has 2 N–H and O–H groups in total. The maximum absolute atomic E-state index is 11.6. The Morgan fingerprint density at radius 3 is 2.15 bits per heavy atom. The summed E-state index contributed by atoms with van der Waals surface area (Å²) in [6.45, 7) is 4.53. The summed E-state index contributed by atoms with van der Waals surface area (Å²) in [5.74, 6) is 1.39. The van der Waals surface area contributed by atoms with Crippen molar-refractivity contribution in [1.29, 1.82) is 0 Å². The Labute approximate surface area is 175 Å². The highest BCUT2D eigenvalue weighted by molar-refractivity contribution is 14.0. The standard InChI is InChI=1S/C17H33N5O2S.HI/c1-18-17(20-15-7-9-21(10-8-15)16-3-4-16)19-13-14-5-11-22(12-6-14)25(2,23)24;/h14-16H,3-13H2,1-2H3,(H2,18,19,20);1H. The fourth-order valence-corrected chi connectivity index (χ4v) is 4.80. The number of piperidine rings is 2. The predicted molar refractivity (Wildman–Crippen MR) is 117 cm³/mol. The molecule has 0 aromatic carbocycles. The zero-order valence-electron chi connectivity index (χ0n) is 16.0. The molecule has 3 rings (SSSR count). The Morgan fingerprint density at radius 2 is 1.65 bits per heavy atom. The number of rotatable bonds is 5. The zero-order chi connectivity index (χ0) is 17.9.